The van der Waals surface area contributed by atoms with Gasteiger partial charge in [-0.2, -0.15) is 0 Å². The fraction of sp³-hybridized carbons (Fsp3) is 0.708. The van der Waals surface area contributed by atoms with Crippen LogP contribution < -0.4 is 5.73 Å². The number of hydrogen-bond acceptors (Lipinski definition) is 22. The topological polar surface area (TPSA) is 267 Å². The number of hydrogen-bond donors (Lipinski definition) is 4. The maximum Gasteiger partial charge on any atom is 0.308 e. The Morgan fingerprint density at radius 2 is 1.67 bits per heavy atom. The Labute approximate surface area is 413 Å². The number of esters is 1. The molecule has 2 aromatic rings. The van der Waals surface area contributed by atoms with Gasteiger partial charge in [-0.1, -0.05) is 54.1 Å². The molecule has 0 aromatic carbocycles. The Balaban J connectivity index is 1.28. The molecule has 6 rings (SSSR count). The van der Waals surface area contributed by atoms with Crippen molar-refractivity contribution in [1.29, 1.82) is 0 Å². The Morgan fingerprint density at radius 1 is 0.929 bits per heavy atom. The van der Waals surface area contributed by atoms with Crippen LogP contribution in [0.15, 0.2) is 47.3 Å². The highest BCUT2D eigenvalue weighted by Crippen LogP contribution is 2.36. The summed E-state index contributed by atoms with van der Waals surface area (Å²) in [5.74, 6) is -2.67. The second-order valence-electron chi connectivity index (χ2n) is 18.8. The van der Waals surface area contributed by atoms with Gasteiger partial charge in [0, 0.05) is 50.3 Å². The molecular formula is C48H72N6O15S. The third-order valence-electron chi connectivity index (χ3n) is 13.3. The molecule has 4 aliphatic rings. The first kappa shape index (κ1) is 55.4. The van der Waals surface area contributed by atoms with Crippen LogP contribution in [-0.4, -0.2) is 188 Å². The fourth-order valence-corrected chi connectivity index (χ4v) is 9.86. The summed E-state index contributed by atoms with van der Waals surface area (Å²) in [6, 6.07) is 2.91. The molecule has 2 bridgehead atoms. The van der Waals surface area contributed by atoms with Gasteiger partial charge in [0.2, 0.25) is 5.13 Å². The first-order valence-corrected chi connectivity index (χ1v) is 24.6. The van der Waals surface area contributed by atoms with Crippen LogP contribution in [0.1, 0.15) is 59.4 Å². The lowest BCUT2D eigenvalue weighted by atomic mass is 9.79. The average molecular weight is 1010 g/mol. The molecule has 0 spiro atoms. The third kappa shape index (κ3) is 14.6. The van der Waals surface area contributed by atoms with Gasteiger partial charge < -0.3 is 73.4 Å². The number of nitrogens with two attached hydrogens (primary N) is 1. The Hall–Kier alpha value is -3.88. The van der Waals surface area contributed by atoms with E-state index in [1.54, 1.807) is 51.2 Å². The van der Waals surface area contributed by atoms with Crippen molar-refractivity contribution in [2.24, 2.45) is 28.8 Å². The second-order valence-corrected chi connectivity index (χ2v) is 19.9. The van der Waals surface area contributed by atoms with E-state index in [1.165, 1.54) is 31.6 Å². The SMILES string of the molecule is CO[C@@H]1[C@H](O)[C@@H](C)O[C@@H](OC[C@H]2/C=C(C)/C=C/C(=O)[C@H](C)CC3CCOC/C(=N\OCc4ccc(-c5nnc(N)s5)nc4)CO[C@H](CC(=O)OC2)[C@H](C)[C@H]3O[C@@H]2O[C@H](C)[C@@H](O)[C@H](N(C)C)[C@H]2O)[C@@H]1OC. The standard InChI is InChI=1S/C48H72N6O15S/c1-25-10-13-35(55)26(2)17-32-14-15-62-23-33(53-66-22-30-11-12-34(50-19-30)45-51-52-48(49)70-45)24-63-36(27(3)42(32)69-46-41(59)38(54(6)7)39(57)28(4)67-46)18-37(56)64-20-31(16-25)21-65-47-44(61-9)43(60-8)40(58)29(5)68-47/h10-13,16,19,26-29,31-32,36,38-44,46-47,57-59H,14-15,17-18,20-24H2,1-9H3,(H2,49,52)/b13-10+,25-16+,53-33+/t26-,27+,28-,29-,31+,32?,36-,38+,39-,40-,41-,42-,43-,44-,46+,47-/m1/s1. The van der Waals surface area contributed by atoms with Gasteiger partial charge in [-0.15, -0.1) is 10.2 Å². The Morgan fingerprint density at radius 3 is 2.36 bits per heavy atom. The molecule has 22 heteroatoms. The number of aliphatic hydroxyl groups excluding tert-OH is 3. The number of nitrogens with zero attached hydrogens (tertiary/aromatic N) is 5. The molecule has 1 unspecified atom stereocenters. The van der Waals surface area contributed by atoms with Crippen LogP contribution in [0.2, 0.25) is 0 Å². The molecule has 0 amide bonds. The van der Waals surface area contributed by atoms with Crippen LogP contribution in [0, 0.1) is 23.7 Å². The number of aromatic nitrogens is 3. The number of ether oxygens (including phenoxy) is 9. The van der Waals surface area contributed by atoms with Gasteiger partial charge in [-0.05, 0) is 65.8 Å². The summed E-state index contributed by atoms with van der Waals surface area (Å²) in [5, 5.41) is 46.7. The van der Waals surface area contributed by atoms with Crippen molar-refractivity contribution in [3.63, 3.8) is 0 Å². The molecule has 16 atom stereocenters. The Kier molecular flexibility index (Phi) is 20.7. The number of likely N-dealkylation sites (N-methyl/N-ethyl adjacent to an activating group) is 1. The molecule has 0 radical (unpaired) electrons. The van der Waals surface area contributed by atoms with Crippen LogP contribution in [-0.2, 0) is 63.7 Å². The lowest BCUT2D eigenvalue weighted by Crippen LogP contribution is -2.63. The molecule has 21 nitrogen and oxygen atoms in total. The van der Waals surface area contributed by atoms with Gasteiger partial charge in [-0.25, -0.2) is 0 Å². The number of carbonyl (C=O) groups excluding carboxylic acids is 2. The first-order chi connectivity index (χ1) is 33.5. The van der Waals surface area contributed by atoms with E-state index in [9.17, 15) is 24.9 Å². The number of fused-ring (bicyclic) bond motifs is 3. The van der Waals surface area contributed by atoms with E-state index in [0.29, 0.717) is 34.4 Å². The van der Waals surface area contributed by atoms with Crippen LogP contribution >= 0.6 is 11.3 Å². The van der Waals surface area contributed by atoms with E-state index in [1.807, 2.05) is 32.9 Å². The highest BCUT2D eigenvalue weighted by molar-refractivity contribution is 7.18. The van der Waals surface area contributed by atoms with E-state index < -0.39 is 97.3 Å². The minimum absolute atomic E-state index is 0.0176. The van der Waals surface area contributed by atoms with Crippen molar-refractivity contribution in [1.82, 2.24) is 20.1 Å². The van der Waals surface area contributed by atoms with Crippen molar-refractivity contribution >= 4 is 33.9 Å². The largest absolute Gasteiger partial charge is 0.465 e. The molecule has 3 fully saturated rings. The molecule has 3 saturated heterocycles. The summed E-state index contributed by atoms with van der Waals surface area (Å²) in [6.07, 6.45) is -2.46. The van der Waals surface area contributed by atoms with E-state index in [4.69, 9.17) is 53.2 Å². The number of allylic oxidation sites excluding steroid dienone is 3. The van der Waals surface area contributed by atoms with Gasteiger partial charge in [0.25, 0.3) is 0 Å². The molecule has 390 valence electrons. The lowest BCUT2D eigenvalue weighted by molar-refractivity contribution is -0.305. The van der Waals surface area contributed by atoms with E-state index in [0.717, 1.165) is 11.1 Å². The van der Waals surface area contributed by atoms with Crippen molar-refractivity contribution in [3.05, 3.63) is 47.7 Å². The van der Waals surface area contributed by atoms with Crippen molar-refractivity contribution in [3.8, 4) is 10.7 Å². The predicted molar refractivity (Wildman–Crippen MR) is 255 cm³/mol. The zero-order valence-corrected chi connectivity index (χ0v) is 42.3. The minimum atomic E-state index is -1.26. The average Bonchev–Trinajstić information content (AvgIpc) is 3.77. The van der Waals surface area contributed by atoms with Crippen LogP contribution in [0.4, 0.5) is 5.13 Å². The smallest absolute Gasteiger partial charge is 0.308 e. The van der Waals surface area contributed by atoms with Gasteiger partial charge in [-0.3, -0.25) is 14.6 Å². The number of rotatable bonds is 12. The zero-order valence-electron chi connectivity index (χ0n) is 41.5. The minimum Gasteiger partial charge on any atom is -0.465 e. The van der Waals surface area contributed by atoms with E-state index in [2.05, 4.69) is 20.3 Å². The third-order valence-corrected chi connectivity index (χ3v) is 14.1. The van der Waals surface area contributed by atoms with Gasteiger partial charge in [0.05, 0.1) is 69.4 Å². The van der Waals surface area contributed by atoms with Crippen LogP contribution in [0.5, 0.6) is 0 Å². The summed E-state index contributed by atoms with van der Waals surface area (Å²) >= 11 is 1.23. The summed E-state index contributed by atoms with van der Waals surface area (Å²) in [7, 11) is 6.48. The summed E-state index contributed by atoms with van der Waals surface area (Å²) in [6.45, 7) is 9.18. The quantitative estimate of drug-likeness (QED) is 0.176. The van der Waals surface area contributed by atoms with E-state index in [-0.39, 0.29) is 57.8 Å². The van der Waals surface area contributed by atoms with Gasteiger partial charge in [0.1, 0.15) is 42.4 Å². The first-order valence-electron chi connectivity index (χ1n) is 23.8. The van der Waals surface area contributed by atoms with Crippen molar-refractivity contribution in [2.45, 2.75) is 134 Å². The van der Waals surface area contributed by atoms with Crippen LogP contribution in [0.25, 0.3) is 10.7 Å². The van der Waals surface area contributed by atoms with Gasteiger partial charge in [0.15, 0.2) is 23.4 Å². The fourth-order valence-electron chi connectivity index (χ4n) is 9.28. The summed E-state index contributed by atoms with van der Waals surface area (Å²) < 4.78 is 55.3. The Bertz CT molecular complexity index is 2080. The molecule has 70 heavy (non-hydrogen) atoms. The zero-order chi connectivity index (χ0) is 50.6. The van der Waals surface area contributed by atoms with E-state index >= 15 is 0 Å². The number of nitrogen functional groups attached to an aromatic ring is 1. The molecule has 0 saturated carbocycles. The number of ketones is 1. The molecule has 2 aromatic heterocycles. The highest BCUT2D eigenvalue weighted by Gasteiger charge is 2.48. The molecule has 5 N–H and O–H groups in total. The number of methoxy groups -OCH3 is 2. The number of oxime groups is 1. The number of cyclic esters (lactones) is 1. The summed E-state index contributed by atoms with van der Waals surface area (Å²) in [5.41, 5.74) is 8.24. The maximum absolute atomic E-state index is 14.1. The van der Waals surface area contributed by atoms with Crippen molar-refractivity contribution in [2.75, 3.05) is 67.1 Å². The normalized spacial score (nSPS) is 37.3. The predicted octanol–water partition coefficient (Wildman–Crippen LogP) is 2.71. The number of anilines is 1. The number of pyridine rings is 1. The maximum atomic E-state index is 14.1. The molecule has 6 heterocycles. The molecular weight excluding hydrogens is 933 g/mol. The number of aliphatic hydroxyl groups is 3. The molecule has 4 aliphatic heterocycles. The molecule has 0 aliphatic carbocycles. The van der Waals surface area contributed by atoms with Gasteiger partial charge >= 0.3 is 5.97 Å². The second kappa shape index (κ2) is 26.2. The highest BCUT2D eigenvalue weighted by atomic mass is 32.1. The summed E-state index contributed by atoms with van der Waals surface area (Å²) in [4.78, 5) is 40.1. The van der Waals surface area contributed by atoms with Crippen molar-refractivity contribution < 1.29 is 72.4 Å². The van der Waals surface area contributed by atoms with Crippen LogP contribution in [0.3, 0.4) is 0 Å². The lowest BCUT2D eigenvalue weighted by Gasteiger charge is -2.47. The number of carbonyl (C=O) groups is 2. The monoisotopic (exact) mass is 1000 g/mol.